The fraction of sp³-hybridized carbons (Fsp3) is 0.867. The van der Waals surface area contributed by atoms with Crippen molar-refractivity contribution in [1.29, 1.82) is 0 Å². The predicted octanol–water partition coefficient (Wildman–Crippen LogP) is 2.57. The van der Waals surface area contributed by atoms with Crippen LogP contribution in [0, 0.1) is 11.8 Å². The summed E-state index contributed by atoms with van der Waals surface area (Å²) in [4.78, 5) is 23.4. The molecule has 0 saturated heterocycles. The third kappa shape index (κ3) is 5.88. The van der Waals surface area contributed by atoms with Crippen LogP contribution in [-0.4, -0.2) is 40.5 Å². The summed E-state index contributed by atoms with van der Waals surface area (Å²) in [6, 6.07) is 2.98. The van der Waals surface area contributed by atoms with Gasteiger partial charge in [0.1, 0.15) is 13.0 Å². The molecule has 5 nitrogen and oxygen atoms in total. The van der Waals surface area contributed by atoms with E-state index in [9.17, 15) is 9.59 Å². The number of rotatable bonds is 11. The molecule has 0 aliphatic carbocycles. The molecule has 0 aromatic heterocycles. The molecule has 0 rings (SSSR count). The zero-order chi connectivity index (χ0) is 16.5. The summed E-state index contributed by atoms with van der Waals surface area (Å²) in [6.45, 7) is 10.2. The summed E-state index contributed by atoms with van der Waals surface area (Å²) in [5.74, 6) is -0.816. The van der Waals surface area contributed by atoms with Crippen molar-refractivity contribution < 1.29 is 18.8 Å². The molecule has 0 bridgehead atoms. The van der Waals surface area contributed by atoms with E-state index in [-0.39, 0.29) is 30.6 Å². The number of hydrogen-bond donors (Lipinski definition) is 1. The molecular formula is C15H31NO4Si. The number of ether oxygens (including phenoxy) is 1. The van der Waals surface area contributed by atoms with Crippen LogP contribution in [0.4, 0.5) is 0 Å². The van der Waals surface area contributed by atoms with Crippen LogP contribution in [0.3, 0.4) is 0 Å². The van der Waals surface area contributed by atoms with Crippen molar-refractivity contribution in [2.24, 2.45) is 11.8 Å². The van der Waals surface area contributed by atoms with Crippen LogP contribution in [0.25, 0.3) is 0 Å². The van der Waals surface area contributed by atoms with Gasteiger partial charge in [-0.3, -0.25) is 4.79 Å². The largest absolute Gasteiger partial charge is 0.412 e. The van der Waals surface area contributed by atoms with Gasteiger partial charge in [-0.25, -0.2) is 0 Å². The van der Waals surface area contributed by atoms with Crippen molar-refractivity contribution in [1.82, 2.24) is 5.32 Å². The summed E-state index contributed by atoms with van der Waals surface area (Å²) in [7, 11) is -0.346. The van der Waals surface area contributed by atoms with Gasteiger partial charge in [-0.05, 0) is 18.1 Å². The van der Waals surface area contributed by atoms with Gasteiger partial charge in [0.05, 0.1) is 12.0 Å². The first-order chi connectivity index (χ1) is 9.91. The summed E-state index contributed by atoms with van der Waals surface area (Å²) >= 11 is 0. The first kappa shape index (κ1) is 20.3. The first-order valence-electron chi connectivity index (χ1n) is 7.81. The van der Waals surface area contributed by atoms with Crippen molar-refractivity contribution in [2.75, 3.05) is 13.8 Å². The third-order valence-corrected chi connectivity index (χ3v) is 8.99. The fourth-order valence-corrected chi connectivity index (χ4v) is 5.48. The number of carbonyl (C=O) groups is 2. The highest BCUT2D eigenvalue weighted by atomic mass is 28.4. The molecule has 0 aliphatic heterocycles. The van der Waals surface area contributed by atoms with Crippen molar-refractivity contribution >= 4 is 20.5 Å². The quantitative estimate of drug-likeness (QED) is 0.361. The summed E-state index contributed by atoms with van der Waals surface area (Å²) in [5.41, 5.74) is 0. The van der Waals surface area contributed by atoms with Gasteiger partial charge in [0, 0.05) is 13.0 Å². The number of hydrogen-bond acceptors (Lipinski definition) is 4. The van der Waals surface area contributed by atoms with Crippen molar-refractivity contribution in [3.63, 3.8) is 0 Å². The molecule has 124 valence electrons. The molecule has 1 amide bonds. The smallest absolute Gasteiger partial charge is 0.227 e. The Bertz CT molecular complexity index is 313. The monoisotopic (exact) mass is 317 g/mol. The highest BCUT2D eigenvalue weighted by Gasteiger charge is 2.38. The molecule has 2 unspecified atom stereocenters. The molecule has 21 heavy (non-hydrogen) atoms. The Labute approximate surface area is 129 Å². The maximum Gasteiger partial charge on any atom is 0.227 e. The lowest BCUT2D eigenvalue weighted by Gasteiger charge is -2.37. The maximum atomic E-state index is 12.1. The minimum atomic E-state index is -1.87. The van der Waals surface area contributed by atoms with Gasteiger partial charge in [-0.2, -0.15) is 0 Å². The van der Waals surface area contributed by atoms with Crippen LogP contribution in [0.15, 0.2) is 0 Å². The fourth-order valence-electron chi connectivity index (χ4n) is 2.48. The average Bonchev–Trinajstić information content (AvgIpc) is 2.53. The first-order valence-corrected chi connectivity index (χ1v) is 10.3. The summed E-state index contributed by atoms with van der Waals surface area (Å²) in [5, 5.41) is 2.69. The normalized spacial score (nSPS) is 16.1. The Hall–Kier alpha value is -0.723. The van der Waals surface area contributed by atoms with Crippen LogP contribution in [0.5, 0.6) is 0 Å². The van der Waals surface area contributed by atoms with Gasteiger partial charge in [0.2, 0.25) is 5.91 Å². The molecule has 0 heterocycles. The number of aldehydes is 1. The molecule has 0 aliphatic rings. The second-order valence-corrected chi connectivity index (χ2v) is 10.3. The van der Waals surface area contributed by atoms with Crippen molar-refractivity contribution in [3.05, 3.63) is 0 Å². The van der Waals surface area contributed by atoms with E-state index in [1.165, 1.54) is 7.11 Å². The van der Waals surface area contributed by atoms with Crippen LogP contribution >= 0.6 is 0 Å². The van der Waals surface area contributed by atoms with Crippen LogP contribution in [0.1, 0.15) is 34.6 Å². The average molecular weight is 318 g/mol. The zero-order valence-electron chi connectivity index (χ0n) is 14.3. The molecule has 6 heteroatoms. The second kappa shape index (κ2) is 10.1. The topological polar surface area (TPSA) is 64.6 Å². The SMILES string of the molecule is CC[Si](CC)(CC)OC(C(C)C(=O)NCOC)[C@@H](C)C=O. The molecule has 0 saturated carbocycles. The Balaban J connectivity index is 5.11. The molecular weight excluding hydrogens is 286 g/mol. The molecule has 0 radical (unpaired) electrons. The van der Waals surface area contributed by atoms with E-state index in [4.69, 9.17) is 9.16 Å². The van der Waals surface area contributed by atoms with Crippen molar-refractivity contribution in [3.8, 4) is 0 Å². The zero-order valence-corrected chi connectivity index (χ0v) is 15.3. The Morgan fingerprint density at radius 1 is 1.19 bits per heavy atom. The van der Waals surface area contributed by atoms with E-state index >= 15 is 0 Å². The lowest BCUT2D eigenvalue weighted by Crippen LogP contribution is -2.48. The minimum absolute atomic E-state index is 0.137. The van der Waals surface area contributed by atoms with Gasteiger partial charge in [0.25, 0.3) is 0 Å². The van der Waals surface area contributed by atoms with E-state index in [2.05, 4.69) is 26.1 Å². The number of methoxy groups -OCH3 is 1. The lowest BCUT2D eigenvalue weighted by atomic mass is 9.94. The van der Waals surface area contributed by atoms with Crippen LogP contribution in [0.2, 0.25) is 18.1 Å². The second-order valence-electron chi connectivity index (χ2n) is 5.58. The molecule has 1 N–H and O–H groups in total. The molecule has 0 fully saturated rings. The van der Waals surface area contributed by atoms with E-state index in [0.717, 1.165) is 24.4 Å². The van der Waals surface area contributed by atoms with E-state index in [0.29, 0.717) is 0 Å². The highest BCUT2D eigenvalue weighted by molar-refractivity contribution is 6.73. The molecule has 0 spiro atoms. The van der Waals surface area contributed by atoms with E-state index < -0.39 is 8.32 Å². The molecule has 3 atom stereocenters. The summed E-state index contributed by atoms with van der Waals surface area (Å²) < 4.78 is 11.3. The Kier molecular flexibility index (Phi) is 9.73. The molecule has 0 aromatic rings. The number of nitrogens with one attached hydrogen (secondary N) is 1. The van der Waals surface area contributed by atoms with Gasteiger partial charge in [-0.15, -0.1) is 0 Å². The predicted molar refractivity (Wildman–Crippen MR) is 86.5 cm³/mol. The van der Waals surface area contributed by atoms with Crippen LogP contribution in [-0.2, 0) is 18.8 Å². The molecule has 0 aromatic carbocycles. The highest BCUT2D eigenvalue weighted by Crippen LogP contribution is 2.28. The Morgan fingerprint density at radius 2 is 1.71 bits per heavy atom. The lowest BCUT2D eigenvalue weighted by molar-refractivity contribution is -0.130. The van der Waals surface area contributed by atoms with Gasteiger partial charge < -0.3 is 19.3 Å². The van der Waals surface area contributed by atoms with E-state index in [1.54, 1.807) is 0 Å². The van der Waals surface area contributed by atoms with Crippen molar-refractivity contribution in [2.45, 2.75) is 58.9 Å². The van der Waals surface area contributed by atoms with Gasteiger partial charge >= 0.3 is 0 Å². The minimum Gasteiger partial charge on any atom is -0.412 e. The van der Waals surface area contributed by atoms with Gasteiger partial charge in [-0.1, -0.05) is 34.6 Å². The number of amides is 1. The standard InChI is InChI=1S/C15H31NO4Si/c1-7-21(8-2,9-3)20-14(12(4)10-17)13(5)15(18)16-11-19-6/h10,12-14H,7-9,11H2,1-6H3,(H,16,18)/t12-,13?,14?/m0/s1. The third-order valence-electron chi connectivity index (χ3n) is 4.35. The number of carbonyl (C=O) groups excluding carboxylic acids is 2. The van der Waals surface area contributed by atoms with E-state index in [1.807, 2.05) is 13.8 Å². The summed E-state index contributed by atoms with van der Waals surface area (Å²) in [6.07, 6.45) is 0.510. The van der Waals surface area contributed by atoms with Crippen LogP contribution < -0.4 is 5.32 Å². The Morgan fingerprint density at radius 3 is 2.10 bits per heavy atom. The maximum absolute atomic E-state index is 12.1. The van der Waals surface area contributed by atoms with Gasteiger partial charge in [0.15, 0.2) is 8.32 Å².